The molecule has 2 fully saturated rings. The first-order valence-corrected chi connectivity index (χ1v) is 7.72. The smallest absolute Gasteiger partial charge is 0.0943 e. The van der Waals surface area contributed by atoms with Gasteiger partial charge in [0.15, 0.2) is 0 Å². The van der Waals surface area contributed by atoms with E-state index in [2.05, 4.69) is 29.7 Å². The van der Waals surface area contributed by atoms with Gasteiger partial charge in [-0.3, -0.25) is 0 Å². The van der Waals surface area contributed by atoms with Crippen molar-refractivity contribution >= 4 is 11.3 Å². The van der Waals surface area contributed by atoms with E-state index in [9.17, 15) is 0 Å². The molecule has 2 aliphatic carbocycles. The molecule has 0 amide bonds. The fraction of sp³-hybridized carbons (Fsp3) is 0.786. The Labute approximate surface area is 108 Å². The molecular weight excluding hydrogens is 228 g/mol. The van der Waals surface area contributed by atoms with E-state index < -0.39 is 0 Å². The van der Waals surface area contributed by atoms with Gasteiger partial charge in [0.1, 0.15) is 0 Å². The molecule has 3 rings (SSSR count). The molecule has 0 radical (unpaired) electrons. The Kier molecular flexibility index (Phi) is 3.22. The summed E-state index contributed by atoms with van der Waals surface area (Å²) in [5.41, 5.74) is 1.17. The molecule has 1 aromatic rings. The molecule has 4 unspecified atom stereocenters. The minimum atomic E-state index is 0.649. The van der Waals surface area contributed by atoms with E-state index in [4.69, 9.17) is 0 Å². The van der Waals surface area contributed by atoms with Crippen LogP contribution in [0.25, 0.3) is 0 Å². The number of hydrogen-bond acceptors (Lipinski definition) is 3. The van der Waals surface area contributed by atoms with E-state index in [0.29, 0.717) is 6.04 Å². The highest BCUT2D eigenvalue weighted by molar-refractivity contribution is 7.09. The summed E-state index contributed by atoms with van der Waals surface area (Å²) in [4.78, 5) is 4.61. The van der Waals surface area contributed by atoms with Crippen LogP contribution in [0, 0.1) is 24.7 Å². The summed E-state index contributed by atoms with van der Waals surface area (Å²) >= 11 is 1.82. The van der Waals surface area contributed by atoms with Gasteiger partial charge in [-0.15, -0.1) is 11.3 Å². The van der Waals surface area contributed by atoms with E-state index in [1.807, 2.05) is 11.3 Å². The Balaban J connectivity index is 1.67. The van der Waals surface area contributed by atoms with Gasteiger partial charge in [-0.2, -0.15) is 0 Å². The SMILES string of the molecule is CNC(Cc1nc(C)cs1)C1CC2CCC1C2. The minimum absolute atomic E-state index is 0.649. The summed E-state index contributed by atoms with van der Waals surface area (Å²) < 4.78 is 0. The van der Waals surface area contributed by atoms with Crippen LogP contribution in [0.2, 0.25) is 0 Å². The summed E-state index contributed by atoms with van der Waals surface area (Å²) in [5, 5.41) is 7.03. The Bertz CT molecular complexity index is 387. The molecule has 1 aromatic heterocycles. The second-order valence-corrected chi connectivity index (χ2v) is 6.76. The topological polar surface area (TPSA) is 24.9 Å². The van der Waals surface area contributed by atoms with Crippen LogP contribution in [-0.4, -0.2) is 18.1 Å². The van der Waals surface area contributed by atoms with Crippen molar-refractivity contribution in [2.75, 3.05) is 7.05 Å². The summed E-state index contributed by atoms with van der Waals surface area (Å²) in [6.07, 6.45) is 7.06. The predicted octanol–water partition coefficient (Wildman–Crippen LogP) is 3.02. The van der Waals surface area contributed by atoms with Gasteiger partial charge in [0.2, 0.25) is 0 Å². The van der Waals surface area contributed by atoms with Crippen molar-refractivity contribution in [3.63, 3.8) is 0 Å². The lowest BCUT2D eigenvalue weighted by Gasteiger charge is -2.29. The molecule has 2 aliphatic rings. The molecule has 4 atom stereocenters. The van der Waals surface area contributed by atoms with E-state index in [1.54, 1.807) is 0 Å². The van der Waals surface area contributed by atoms with Gasteiger partial charge >= 0.3 is 0 Å². The number of aromatic nitrogens is 1. The van der Waals surface area contributed by atoms with Crippen molar-refractivity contribution in [3.8, 4) is 0 Å². The fourth-order valence-electron chi connectivity index (χ4n) is 3.94. The minimum Gasteiger partial charge on any atom is -0.316 e. The number of thiazole rings is 1. The number of aryl methyl sites for hydroxylation is 1. The van der Waals surface area contributed by atoms with Gasteiger partial charge in [-0.05, 0) is 51.0 Å². The third-order valence-electron chi connectivity index (χ3n) is 4.74. The van der Waals surface area contributed by atoms with Gasteiger partial charge in [-0.1, -0.05) is 6.42 Å². The Morgan fingerprint density at radius 1 is 1.47 bits per heavy atom. The Hall–Kier alpha value is -0.410. The molecule has 1 heterocycles. The van der Waals surface area contributed by atoms with Gasteiger partial charge in [0.05, 0.1) is 5.01 Å². The van der Waals surface area contributed by atoms with Crippen LogP contribution in [0.15, 0.2) is 5.38 Å². The zero-order valence-electron chi connectivity index (χ0n) is 10.8. The summed E-state index contributed by atoms with van der Waals surface area (Å²) in [5.74, 6) is 2.94. The molecule has 0 saturated heterocycles. The van der Waals surface area contributed by atoms with Crippen LogP contribution >= 0.6 is 11.3 Å². The van der Waals surface area contributed by atoms with Gasteiger partial charge < -0.3 is 5.32 Å². The Morgan fingerprint density at radius 2 is 2.35 bits per heavy atom. The fourth-order valence-corrected chi connectivity index (χ4v) is 4.77. The summed E-state index contributed by atoms with van der Waals surface area (Å²) in [6.45, 7) is 2.09. The van der Waals surface area contributed by atoms with Crippen LogP contribution in [0.5, 0.6) is 0 Å². The molecule has 0 aliphatic heterocycles. The van der Waals surface area contributed by atoms with Crippen molar-refractivity contribution in [1.82, 2.24) is 10.3 Å². The van der Waals surface area contributed by atoms with Gasteiger partial charge in [0, 0.05) is 23.5 Å². The van der Waals surface area contributed by atoms with Crippen molar-refractivity contribution in [2.45, 2.75) is 45.1 Å². The monoisotopic (exact) mass is 250 g/mol. The van der Waals surface area contributed by atoms with Crippen molar-refractivity contribution in [1.29, 1.82) is 0 Å². The predicted molar refractivity (Wildman–Crippen MR) is 72.3 cm³/mol. The molecule has 0 spiro atoms. The highest BCUT2D eigenvalue weighted by Crippen LogP contribution is 2.49. The highest BCUT2D eigenvalue weighted by Gasteiger charge is 2.42. The molecule has 94 valence electrons. The normalized spacial score (nSPS) is 33.2. The zero-order valence-corrected chi connectivity index (χ0v) is 11.6. The summed E-state index contributed by atoms with van der Waals surface area (Å²) in [6, 6.07) is 0.649. The largest absolute Gasteiger partial charge is 0.316 e. The average Bonchev–Trinajstić information content (AvgIpc) is 3.01. The van der Waals surface area contributed by atoms with Gasteiger partial charge in [0.25, 0.3) is 0 Å². The molecule has 0 aromatic carbocycles. The van der Waals surface area contributed by atoms with E-state index in [1.165, 1.54) is 36.4 Å². The molecule has 17 heavy (non-hydrogen) atoms. The van der Waals surface area contributed by atoms with Crippen LogP contribution in [0.1, 0.15) is 36.4 Å². The second-order valence-electron chi connectivity index (χ2n) is 5.82. The van der Waals surface area contributed by atoms with Crippen molar-refractivity contribution in [2.24, 2.45) is 17.8 Å². The maximum Gasteiger partial charge on any atom is 0.0943 e. The summed E-state index contributed by atoms with van der Waals surface area (Å²) in [7, 11) is 2.12. The maximum absolute atomic E-state index is 4.61. The van der Waals surface area contributed by atoms with E-state index in [0.717, 1.165) is 24.2 Å². The molecule has 1 N–H and O–H groups in total. The molecule has 2 nitrogen and oxygen atoms in total. The standard InChI is InChI=1S/C14H22N2S/c1-9-8-17-14(16-9)7-13(15-2)12-6-10-3-4-11(12)5-10/h8,10-13,15H,3-7H2,1-2H3. The van der Waals surface area contributed by atoms with Gasteiger partial charge in [-0.25, -0.2) is 4.98 Å². The van der Waals surface area contributed by atoms with E-state index in [-0.39, 0.29) is 0 Å². The molecule has 2 bridgehead atoms. The van der Waals surface area contributed by atoms with E-state index >= 15 is 0 Å². The van der Waals surface area contributed by atoms with Crippen LogP contribution in [-0.2, 0) is 6.42 Å². The quantitative estimate of drug-likeness (QED) is 0.888. The lowest BCUT2D eigenvalue weighted by Crippen LogP contribution is -2.38. The molecular formula is C14H22N2S. The molecule has 3 heteroatoms. The number of rotatable bonds is 4. The molecule has 2 saturated carbocycles. The zero-order chi connectivity index (χ0) is 11.8. The third-order valence-corrected chi connectivity index (χ3v) is 5.73. The van der Waals surface area contributed by atoms with Crippen molar-refractivity contribution < 1.29 is 0 Å². The number of likely N-dealkylation sites (N-methyl/N-ethyl adjacent to an activating group) is 1. The first-order valence-electron chi connectivity index (χ1n) is 6.84. The average molecular weight is 250 g/mol. The number of nitrogens with one attached hydrogen (secondary N) is 1. The van der Waals surface area contributed by atoms with Crippen molar-refractivity contribution in [3.05, 3.63) is 16.1 Å². The lowest BCUT2D eigenvalue weighted by atomic mass is 9.82. The second kappa shape index (κ2) is 4.69. The lowest BCUT2D eigenvalue weighted by molar-refractivity contribution is 0.255. The first kappa shape index (κ1) is 11.7. The van der Waals surface area contributed by atoms with Crippen LogP contribution in [0.3, 0.4) is 0 Å². The van der Waals surface area contributed by atoms with Crippen LogP contribution < -0.4 is 5.32 Å². The van der Waals surface area contributed by atoms with Crippen LogP contribution in [0.4, 0.5) is 0 Å². The number of fused-ring (bicyclic) bond motifs is 2. The Morgan fingerprint density at radius 3 is 2.88 bits per heavy atom. The highest BCUT2D eigenvalue weighted by atomic mass is 32.1. The first-order chi connectivity index (χ1) is 8.26. The maximum atomic E-state index is 4.61. The third kappa shape index (κ3) is 2.27. The number of hydrogen-bond donors (Lipinski definition) is 1. The number of nitrogens with zero attached hydrogens (tertiary/aromatic N) is 1.